The van der Waals surface area contributed by atoms with Crippen molar-refractivity contribution in [3.8, 4) is 5.88 Å². The molecule has 0 aromatic carbocycles. The number of nitrogens with two attached hydrogens (primary N) is 1. The van der Waals surface area contributed by atoms with Gasteiger partial charge in [0.25, 0.3) is 0 Å². The number of aromatic nitrogens is 2. The number of nitrogens with zero attached hydrogens (tertiary/aromatic N) is 2. The van der Waals surface area contributed by atoms with Crippen molar-refractivity contribution in [3.05, 3.63) is 10.9 Å². The second kappa shape index (κ2) is 7.37. The quantitative estimate of drug-likeness (QED) is 0.751. The lowest BCUT2D eigenvalue weighted by atomic mass is 10.3. The minimum Gasteiger partial charge on any atom is -0.475 e. The van der Waals surface area contributed by atoms with Gasteiger partial charge in [-0.1, -0.05) is 0 Å². The predicted molar refractivity (Wildman–Crippen MR) is 79.4 cm³/mol. The van der Waals surface area contributed by atoms with Crippen LogP contribution in [0.2, 0.25) is 0 Å². The molecule has 0 atom stereocenters. The van der Waals surface area contributed by atoms with Crippen LogP contribution < -0.4 is 10.5 Å². The van der Waals surface area contributed by atoms with Gasteiger partial charge in [0, 0.05) is 25.2 Å². The van der Waals surface area contributed by atoms with E-state index in [1.165, 1.54) is 0 Å². The van der Waals surface area contributed by atoms with Gasteiger partial charge in [0.1, 0.15) is 11.4 Å². The molecular weight excluding hydrogens is 278 g/mol. The third-order valence-corrected chi connectivity index (χ3v) is 3.55. The highest BCUT2D eigenvalue weighted by atomic mass is 32.1. The summed E-state index contributed by atoms with van der Waals surface area (Å²) in [6, 6.07) is 2.01. The number of aryl methyl sites for hydroxylation is 1. The molecule has 2 aromatic heterocycles. The predicted octanol–water partition coefficient (Wildman–Crippen LogP) is 2.01. The van der Waals surface area contributed by atoms with Crippen LogP contribution in [-0.2, 0) is 9.47 Å². The fourth-order valence-corrected chi connectivity index (χ4v) is 2.62. The number of methoxy groups -OCH3 is 1. The molecule has 0 amide bonds. The molecule has 0 aliphatic rings. The molecule has 0 bridgehead atoms. The van der Waals surface area contributed by atoms with E-state index in [-0.39, 0.29) is 5.95 Å². The second-order valence-corrected chi connectivity index (χ2v) is 5.50. The van der Waals surface area contributed by atoms with E-state index in [9.17, 15) is 0 Å². The zero-order valence-corrected chi connectivity index (χ0v) is 12.5. The Morgan fingerprint density at radius 2 is 2.05 bits per heavy atom. The number of fused-ring (bicyclic) bond motifs is 1. The second-order valence-electron chi connectivity index (χ2n) is 4.27. The summed E-state index contributed by atoms with van der Waals surface area (Å²) in [5, 5.41) is 0.904. The lowest BCUT2D eigenvalue weighted by Crippen LogP contribution is -2.10. The Bertz CT molecular complexity index is 559. The van der Waals surface area contributed by atoms with Crippen molar-refractivity contribution < 1.29 is 14.2 Å². The SMILES string of the molecule is COCCCOCCOc1nc(N)nc2sc(C)cc12. The average Bonchev–Trinajstić information content (AvgIpc) is 2.77. The molecule has 0 saturated carbocycles. The fourth-order valence-electron chi connectivity index (χ4n) is 1.75. The van der Waals surface area contributed by atoms with Crippen LogP contribution in [0.25, 0.3) is 10.2 Å². The molecule has 0 spiro atoms. The number of anilines is 1. The Labute approximate surface area is 121 Å². The number of hydrogen-bond donors (Lipinski definition) is 1. The number of rotatable bonds is 8. The van der Waals surface area contributed by atoms with E-state index in [4.69, 9.17) is 19.9 Å². The van der Waals surface area contributed by atoms with Gasteiger partial charge in [-0.2, -0.15) is 4.98 Å². The molecule has 0 unspecified atom stereocenters. The van der Waals surface area contributed by atoms with Crippen molar-refractivity contribution in [2.24, 2.45) is 0 Å². The number of ether oxygens (including phenoxy) is 3. The molecule has 0 aliphatic heterocycles. The highest BCUT2D eigenvalue weighted by Crippen LogP contribution is 2.30. The number of thiophene rings is 1. The van der Waals surface area contributed by atoms with Gasteiger partial charge in [0.15, 0.2) is 0 Å². The standard InChI is InChI=1S/C13H19N3O3S/c1-9-8-10-11(15-13(14)16-12(10)20-9)19-7-6-18-5-3-4-17-2/h8H,3-7H2,1-2H3,(H2,14,15,16). The smallest absolute Gasteiger partial charge is 0.227 e. The minimum absolute atomic E-state index is 0.232. The monoisotopic (exact) mass is 297 g/mol. The fraction of sp³-hybridized carbons (Fsp3) is 0.538. The minimum atomic E-state index is 0.232. The van der Waals surface area contributed by atoms with E-state index >= 15 is 0 Å². The first kappa shape index (κ1) is 15.0. The lowest BCUT2D eigenvalue weighted by Gasteiger charge is -2.07. The van der Waals surface area contributed by atoms with Crippen molar-refractivity contribution in [2.75, 3.05) is 39.3 Å². The van der Waals surface area contributed by atoms with Crippen molar-refractivity contribution in [2.45, 2.75) is 13.3 Å². The first-order valence-corrected chi connectivity index (χ1v) is 7.25. The summed E-state index contributed by atoms with van der Waals surface area (Å²) in [4.78, 5) is 10.3. The van der Waals surface area contributed by atoms with Gasteiger partial charge >= 0.3 is 0 Å². The maximum atomic E-state index is 5.68. The van der Waals surface area contributed by atoms with E-state index < -0.39 is 0 Å². The average molecular weight is 297 g/mol. The molecular formula is C13H19N3O3S. The first-order chi connectivity index (χ1) is 9.70. The Kier molecular flexibility index (Phi) is 5.51. The third kappa shape index (κ3) is 4.03. The van der Waals surface area contributed by atoms with Crippen LogP contribution >= 0.6 is 11.3 Å². The zero-order chi connectivity index (χ0) is 14.4. The van der Waals surface area contributed by atoms with Crippen LogP contribution in [0, 0.1) is 6.92 Å². The molecule has 0 radical (unpaired) electrons. The molecule has 0 saturated heterocycles. The van der Waals surface area contributed by atoms with E-state index in [0.29, 0.717) is 32.3 Å². The normalized spacial score (nSPS) is 11.1. The Morgan fingerprint density at radius 3 is 2.85 bits per heavy atom. The molecule has 2 N–H and O–H groups in total. The molecule has 6 nitrogen and oxygen atoms in total. The van der Waals surface area contributed by atoms with E-state index in [2.05, 4.69) is 9.97 Å². The van der Waals surface area contributed by atoms with Crippen molar-refractivity contribution >= 4 is 27.5 Å². The summed E-state index contributed by atoms with van der Waals surface area (Å²) in [7, 11) is 1.68. The molecule has 2 rings (SSSR count). The van der Waals surface area contributed by atoms with Gasteiger partial charge in [0.05, 0.1) is 12.0 Å². The Hall–Kier alpha value is -1.44. The summed E-state index contributed by atoms with van der Waals surface area (Å²) < 4.78 is 16.0. The maximum Gasteiger partial charge on any atom is 0.227 e. The Balaban J connectivity index is 1.86. The molecule has 110 valence electrons. The van der Waals surface area contributed by atoms with E-state index in [1.54, 1.807) is 18.4 Å². The van der Waals surface area contributed by atoms with Crippen LogP contribution in [-0.4, -0.2) is 43.5 Å². The van der Waals surface area contributed by atoms with Crippen LogP contribution in [0.4, 0.5) is 5.95 Å². The molecule has 20 heavy (non-hydrogen) atoms. The molecule has 0 aliphatic carbocycles. The summed E-state index contributed by atoms with van der Waals surface area (Å²) in [6.45, 7) is 4.34. The van der Waals surface area contributed by atoms with Crippen LogP contribution in [0.1, 0.15) is 11.3 Å². The molecule has 0 fully saturated rings. The highest BCUT2D eigenvalue weighted by Gasteiger charge is 2.10. The number of hydrogen-bond acceptors (Lipinski definition) is 7. The lowest BCUT2D eigenvalue weighted by molar-refractivity contribution is 0.0800. The highest BCUT2D eigenvalue weighted by molar-refractivity contribution is 7.18. The topological polar surface area (TPSA) is 79.5 Å². The van der Waals surface area contributed by atoms with Gasteiger partial charge in [0.2, 0.25) is 11.8 Å². The van der Waals surface area contributed by atoms with Gasteiger partial charge < -0.3 is 19.9 Å². The summed E-state index contributed by atoms with van der Waals surface area (Å²) in [5.74, 6) is 0.757. The van der Waals surface area contributed by atoms with Gasteiger partial charge in [-0.05, 0) is 19.4 Å². The van der Waals surface area contributed by atoms with Crippen molar-refractivity contribution in [3.63, 3.8) is 0 Å². The van der Waals surface area contributed by atoms with Gasteiger partial charge in [-0.15, -0.1) is 11.3 Å². The van der Waals surface area contributed by atoms with Crippen molar-refractivity contribution in [1.29, 1.82) is 0 Å². The first-order valence-electron chi connectivity index (χ1n) is 6.44. The van der Waals surface area contributed by atoms with Crippen LogP contribution in [0.5, 0.6) is 5.88 Å². The van der Waals surface area contributed by atoms with Crippen molar-refractivity contribution in [1.82, 2.24) is 9.97 Å². The van der Waals surface area contributed by atoms with E-state index in [1.807, 2.05) is 13.0 Å². The largest absolute Gasteiger partial charge is 0.475 e. The molecule has 2 heterocycles. The summed E-state index contributed by atoms with van der Waals surface area (Å²) >= 11 is 1.58. The van der Waals surface area contributed by atoms with Crippen LogP contribution in [0.3, 0.4) is 0 Å². The summed E-state index contributed by atoms with van der Waals surface area (Å²) in [5.41, 5.74) is 5.68. The van der Waals surface area contributed by atoms with Gasteiger partial charge in [-0.25, -0.2) is 4.98 Å². The third-order valence-electron chi connectivity index (χ3n) is 2.60. The molecule has 2 aromatic rings. The van der Waals surface area contributed by atoms with E-state index in [0.717, 1.165) is 21.5 Å². The van der Waals surface area contributed by atoms with Crippen LogP contribution in [0.15, 0.2) is 6.07 Å². The molecule has 7 heteroatoms. The zero-order valence-electron chi connectivity index (χ0n) is 11.7. The van der Waals surface area contributed by atoms with Gasteiger partial charge in [-0.3, -0.25) is 0 Å². The number of nitrogen functional groups attached to an aromatic ring is 1. The Morgan fingerprint density at radius 1 is 1.20 bits per heavy atom. The summed E-state index contributed by atoms with van der Waals surface area (Å²) in [6.07, 6.45) is 0.880. The maximum absolute atomic E-state index is 5.68.